The van der Waals surface area contributed by atoms with Crippen molar-refractivity contribution in [2.75, 3.05) is 0 Å². The van der Waals surface area contributed by atoms with E-state index in [1.165, 1.54) is 55.3 Å². The van der Waals surface area contributed by atoms with Crippen LogP contribution in [0.25, 0.3) is 10.8 Å². The van der Waals surface area contributed by atoms with Crippen molar-refractivity contribution in [3.8, 4) is 0 Å². The molecule has 0 heterocycles. The smallest absolute Gasteiger partial charge is 1.00 e. The summed E-state index contributed by atoms with van der Waals surface area (Å²) in [6.45, 7) is 17.5. The molecule has 0 bridgehead atoms. The molecule has 0 unspecified atom stereocenters. The molecule has 0 atom stereocenters. The van der Waals surface area contributed by atoms with Crippen LogP contribution in [0.15, 0.2) is 24.3 Å². The zero-order valence-corrected chi connectivity index (χ0v) is 20.5. The van der Waals surface area contributed by atoms with Gasteiger partial charge < -0.3 is 24.8 Å². The van der Waals surface area contributed by atoms with E-state index in [0.717, 1.165) is 0 Å². The number of rotatable bonds is 0. The average Bonchev–Trinajstić information content (AvgIpc) is 2.96. The van der Waals surface area contributed by atoms with Gasteiger partial charge in [-0.05, 0) is 6.92 Å². The number of fused-ring (bicyclic) bond motifs is 1. The SMILES string of the molecule is Cc1c(C)c(C)[c-](C)c1C.Cc1cc2c(C)ccc(C)c2[cH-]1.[Cl-].[Cl-].[Zr+4]. The van der Waals surface area contributed by atoms with Gasteiger partial charge in [-0.2, -0.15) is 33.9 Å². The van der Waals surface area contributed by atoms with E-state index >= 15 is 0 Å². The zero-order chi connectivity index (χ0) is 16.6. The minimum Gasteiger partial charge on any atom is -1.00 e. The fraction of sp³-hybridized carbons (Fsp3) is 0.364. The van der Waals surface area contributed by atoms with Crippen molar-refractivity contribution in [1.82, 2.24) is 0 Å². The maximum Gasteiger partial charge on any atom is 4.00 e. The van der Waals surface area contributed by atoms with Gasteiger partial charge in [0, 0.05) is 0 Å². The molecule has 0 saturated carbocycles. The van der Waals surface area contributed by atoms with Gasteiger partial charge >= 0.3 is 26.2 Å². The van der Waals surface area contributed by atoms with Gasteiger partial charge in [0.1, 0.15) is 0 Å². The Bertz CT molecular complexity index is 703. The van der Waals surface area contributed by atoms with E-state index < -0.39 is 0 Å². The fourth-order valence-electron chi connectivity index (χ4n) is 3.14. The third-order valence-electron chi connectivity index (χ3n) is 5.28. The van der Waals surface area contributed by atoms with Crippen LogP contribution in [0.4, 0.5) is 0 Å². The van der Waals surface area contributed by atoms with Crippen LogP contribution in [0, 0.1) is 55.4 Å². The fourth-order valence-corrected chi connectivity index (χ4v) is 3.14. The zero-order valence-electron chi connectivity index (χ0n) is 16.6. The van der Waals surface area contributed by atoms with Gasteiger partial charge in [-0.3, -0.25) is 0 Å². The Kier molecular flexibility index (Phi) is 11.5. The summed E-state index contributed by atoms with van der Waals surface area (Å²) < 4.78 is 0. The number of hydrogen-bond donors (Lipinski definition) is 0. The summed E-state index contributed by atoms with van der Waals surface area (Å²) in [6, 6.07) is 8.91. The molecule has 0 amide bonds. The van der Waals surface area contributed by atoms with Crippen molar-refractivity contribution < 1.29 is 51.0 Å². The summed E-state index contributed by atoms with van der Waals surface area (Å²) in [4.78, 5) is 0. The molecule has 0 spiro atoms. The van der Waals surface area contributed by atoms with E-state index in [2.05, 4.69) is 79.7 Å². The molecule has 0 aromatic heterocycles. The van der Waals surface area contributed by atoms with E-state index in [1.807, 2.05) is 0 Å². The Balaban J connectivity index is 0. The second-order valence-electron chi connectivity index (χ2n) is 6.68. The van der Waals surface area contributed by atoms with E-state index in [4.69, 9.17) is 0 Å². The first-order valence-electron chi connectivity index (χ1n) is 8.07. The minimum atomic E-state index is 0. The molecule has 134 valence electrons. The molecular weight excluding hydrogens is 426 g/mol. The Morgan fingerprint density at radius 1 is 0.760 bits per heavy atom. The van der Waals surface area contributed by atoms with Gasteiger partial charge in [-0.15, -0.1) is 34.0 Å². The van der Waals surface area contributed by atoms with E-state index in [9.17, 15) is 0 Å². The van der Waals surface area contributed by atoms with Crippen LogP contribution in [0.2, 0.25) is 0 Å². The van der Waals surface area contributed by atoms with Crippen molar-refractivity contribution in [1.29, 1.82) is 0 Å². The molecule has 25 heavy (non-hydrogen) atoms. The second kappa shape index (κ2) is 10.7. The second-order valence-corrected chi connectivity index (χ2v) is 6.68. The van der Waals surface area contributed by atoms with Crippen LogP contribution in [0.1, 0.15) is 44.5 Å². The number of halogens is 2. The van der Waals surface area contributed by atoms with Crippen molar-refractivity contribution >= 4 is 10.8 Å². The third-order valence-corrected chi connectivity index (χ3v) is 5.28. The van der Waals surface area contributed by atoms with Crippen LogP contribution < -0.4 is 24.8 Å². The Morgan fingerprint density at radius 2 is 1.20 bits per heavy atom. The molecular formula is C22H28Cl2Zr. The Hall–Kier alpha value is -0.357. The van der Waals surface area contributed by atoms with E-state index in [1.54, 1.807) is 0 Å². The van der Waals surface area contributed by atoms with Gasteiger partial charge in [-0.1, -0.05) is 60.1 Å². The summed E-state index contributed by atoms with van der Waals surface area (Å²) in [7, 11) is 0. The van der Waals surface area contributed by atoms with Crippen molar-refractivity contribution in [3.05, 3.63) is 68.8 Å². The molecule has 0 aliphatic carbocycles. The first-order chi connectivity index (χ1) is 10.2. The number of hydrogen-bond acceptors (Lipinski definition) is 0. The molecule has 3 aromatic carbocycles. The summed E-state index contributed by atoms with van der Waals surface area (Å²) in [5, 5.41) is 2.82. The predicted molar refractivity (Wildman–Crippen MR) is 99.5 cm³/mol. The molecule has 0 aliphatic heterocycles. The molecule has 3 aromatic rings. The molecule has 0 fully saturated rings. The van der Waals surface area contributed by atoms with Crippen LogP contribution in [-0.4, -0.2) is 0 Å². The largest absolute Gasteiger partial charge is 4.00 e. The summed E-state index contributed by atoms with van der Waals surface area (Å²) in [5.41, 5.74) is 11.5. The van der Waals surface area contributed by atoms with Gasteiger partial charge in [0.2, 0.25) is 0 Å². The normalized spacial score (nSPS) is 9.44. The predicted octanol–water partition coefficient (Wildman–Crippen LogP) is 0.437. The molecule has 0 nitrogen and oxygen atoms in total. The van der Waals surface area contributed by atoms with E-state index in [-0.39, 0.29) is 51.0 Å². The van der Waals surface area contributed by atoms with Crippen LogP contribution in [0.3, 0.4) is 0 Å². The molecule has 0 saturated heterocycles. The van der Waals surface area contributed by atoms with Crippen LogP contribution in [0.5, 0.6) is 0 Å². The maximum absolute atomic E-state index is 2.26. The summed E-state index contributed by atoms with van der Waals surface area (Å²) in [5.74, 6) is 0. The number of benzene rings is 1. The van der Waals surface area contributed by atoms with Crippen molar-refractivity contribution in [2.45, 2.75) is 55.4 Å². The van der Waals surface area contributed by atoms with Crippen LogP contribution in [-0.2, 0) is 26.2 Å². The average molecular weight is 455 g/mol. The monoisotopic (exact) mass is 452 g/mol. The molecule has 3 rings (SSSR count). The molecule has 3 heteroatoms. The quantitative estimate of drug-likeness (QED) is 0.433. The molecule has 0 aliphatic rings. The van der Waals surface area contributed by atoms with E-state index in [0.29, 0.717) is 0 Å². The van der Waals surface area contributed by atoms with Gasteiger partial charge in [0.15, 0.2) is 0 Å². The Labute approximate surface area is 185 Å². The van der Waals surface area contributed by atoms with Gasteiger partial charge in [0.05, 0.1) is 0 Å². The topological polar surface area (TPSA) is 0 Å². The van der Waals surface area contributed by atoms with Gasteiger partial charge in [0.25, 0.3) is 0 Å². The minimum absolute atomic E-state index is 0. The van der Waals surface area contributed by atoms with Crippen molar-refractivity contribution in [2.24, 2.45) is 0 Å². The summed E-state index contributed by atoms with van der Waals surface area (Å²) in [6.07, 6.45) is 0. The maximum atomic E-state index is 2.26. The summed E-state index contributed by atoms with van der Waals surface area (Å²) >= 11 is 0. The first kappa shape index (κ1) is 26.9. The first-order valence-corrected chi connectivity index (χ1v) is 8.07. The number of aryl methyl sites for hydroxylation is 3. The van der Waals surface area contributed by atoms with Crippen LogP contribution >= 0.6 is 0 Å². The molecule has 0 N–H and O–H groups in total. The standard InChI is InChI=1S/C12H13.C10H15.2ClH.Zr/c1-8-6-11-9(2)4-5-10(3)12(11)7-8;1-6-7(2)9(4)10(5)8(6)3;;;/h4-7H,1-3H3;1-5H3;2*1H;/q2*-1;;;+4/p-2. The van der Waals surface area contributed by atoms with Gasteiger partial charge in [-0.25, -0.2) is 0 Å². The third kappa shape index (κ3) is 5.56. The Morgan fingerprint density at radius 3 is 1.56 bits per heavy atom. The van der Waals surface area contributed by atoms with Crippen molar-refractivity contribution in [3.63, 3.8) is 0 Å². The molecule has 0 radical (unpaired) electrons.